The third-order valence-electron chi connectivity index (χ3n) is 2.74. The van der Waals surface area contributed by atoms with Crippen molar-refractivity contribution in [1.82, 2.24) is 10.3 Å². The second-order valence-corrected chi connectivity index (χ2v) is 5.37. The third kappa shape index (κ3) is 4.25. The molecule has 0 saturated carbocycles. The highest BCUT2D eigenvalue weighted by molar-refractivity contribution is 7.10. The van der Waals surface area contributed by atoms with Crippen LogP contribution in [0.3, 0.4) is 0 Å². The molecule has 0 bridgehead atoms. The smallest absolute Gasteiger partial charge is 0.328 e. The van der Waals surface area contributed by atoms with Crippen LogP contribution in [-0.4, -0.2) is 22.0 Å². The number of aliphatic carboxylic acids is 1. The van der Waals surface area contributed by atoms with Gasteiger partial charge in [-0.25, -0.2) is 4.79 Å². The lowest BCUT2D eigenvalue weighted by Crippen LogP contribution is -2.24. The summed E-state index contributed by atoms with van der Waals surface area (Å²) in [4.78, 5) is 27.4. The molecule has 0 atom stereocenters. The summed E-state index contributed by atoms with van der Waals surface area (Å²) in [5, 5.41) is 13.2. The van der Waals surface area contributed by atoms with E-state index in [1.807, 2.05) is 24.4 Å². The molecule has 21 heavy (non-hydrogen) atoms. The molecular weight excluding hydrogens is 288 g/mol. The van der Waals surface area contributed by atoms with Gasteiger partial charge in [0.25, 0.3) is 5.91 Å². The molecule has 0 aliphatic heterocycles. The maximum atomic E-state index is 12.0. The average Bonchev–Trinajstić information content (AvgIpc) is 2.91. The van der Waals surface area contributed by atoms with Crippen molar-refractivity contribution in [3.8, 4) is 0 Å². The van der Waals surface area contributed by atoms with Crippen LogP contribution in [0.25, 0.3) is 6.08 Å². The Morgan fingerprint density at radius 2 is 2.29 bits per heavy atom. The van der Waals surface area contributed by atoms with Gasteiger partial charge in [0.15, 0.2) is 0 Å². The average molecular weight is 302 g/mol. The molecular formula is C15H14N2O3S. The lowest BCUT2D eigenvalue weighted by atomic mass is 10.2. The summed E-state index contributed by atoms with van der Waals surface area (Å²) in [6.07, 6.45) is 4.19. The maximum Gasteiger partial charge on any atom is 0.328 e. The molecule has 2 rings (SSSR count). The molecule has 1 amide bonds. The van der Waals surface area contributed by atoms with Gasteiger partial charge >= 0.3 is 5.97 Å². The van der Waals surface area contributed by atoms with Crippen LogP contribution < -0.4 is 5.32 Å². The Labute approximate surface area is 126 Å². The molecule has 5 nitrogen and oxygen atoms in total. The molecule has 0 fully saturated rings. The quantitative estimate of drug-likeness (QED) is 0.832. The minimum absolute atomic E-state index is 0.218. The summed E-state index contributed by atoms with van der Waals surface area (Å²) in [7, 11) is 0. The summed E-state index contributed by atoms with van der Waals surface area (Å²) in [6, 6.07) is 5.46. The van der Waals surface area contributed by atoms with Crippen molar-refractivity contribution >= 4 is 29.3 Å². The Morgan fingerprint density at radius 3 is 3.00 bits per heavy atom. The summed E-state index contributed by atoms with van der Waals surface area (Å²) in [5.74, 6) is -1.20. The number of pyridine rings is 1. The van der Waals surface area contributed by atoms with Crippen LogP contribution in [0.4, 0.5) is 0 Å². The molecule has 0 saturated heterocycles. The first-order valence-corrected chi connectivity index (χ1v) is 7.12. The van der Waals surface area contributed by atoms with Crippen LogP contribution in [0, 0.1) is 6.92 Å². The van der Waals surface area contributed by atoms with Gasteiger partial charge in [0.1, 0.15) is 5.69 Å². The molecule has 0 spiro atoms. The number of hydrogen-bond acceptors (Lipinski definition) is 4. The van der Waals surface area contributed by atoms with Crippen molar-refractivity contribution < 1.29 is 14.7 Å². The summed E-state index contributed by atoms with van der Waals surface area (Å²) < 4.78 is 0. The standard InChI is InChI=1S/C15H14N2O3S/c1-10-3-2-6-16-14(10)15(20)17-8-12-7-11(9-21-12)4-5-13(18)19/h2-7,9H,8H2,1H3,(H,17,20)(H,18,19). The van der Waals surface area contributed by atoms with Gasteiger partial charge in [-0.05, 0) is 41.6 Å². The first kappa shape index (κ1) is 14.9. The van der Waals surface area contributed by atoms with Gasteiger partial charge in [-0.15, -0.1) is 11.3 Å². The first-order valence-electron chi connectivity index (χ1n) is 6.24. The Morgan fingerprint density at radius 1 is 1.48 bits per heavy atom. The molecule has 2 aromatic rings. The van der Waals surface area contributed by atoms with Crippen LogP contribution in [0.5, 0.6) is 0 Å². The number of carbonyl (C=O) groups is 2. The Hall–Kier alpha value is -2.47. The number of carboxylic acid groups (broad SMARTS) is 1. The van der Waals surface area contributed by atoms with Crippen LogP contribution >= 0.6 is 11.3 Å². The first-order chi connectivity index (χ1) is 10.1. The number of amides is 1. The molecule has 2 aromatic heterocycles. The second kappa shape index (κ2) is 6.81. The summed E-state index contributed by atoms with van der Waals surface area (Å²) in [5.41, 5.74) is 2.05. The van der Waals surface area contributed by atoms with E-state index in [1.54, 1.807) is 12.3 Å². The molecule has 2 heterocycles. The van der Waals surface area contributed by atoms with Crippen molar-refractivity contribution in [2.45, 2.75) is 13.5 Å². The van der Waals surface area contributed by atoms with Crippen molar-refractivity contribution in [3.05, 3.63) is 57.6 Å². The topological polar surface area (TPSA) is 79.3 Å². The number of aromatic nitrogens is 1. The number of nitrogens with one attached hydrogen (secondary N) is 1. The number of carboxylic acids is 1. The van der Waals surface area contributed by atoms with E-state index >= 15 is 0 Å². The highest BCUT2D eigenvalue weighted by Crippen LogP contribution is 2.16. The monoisotopic (exact) mass is 302 g/mol. The van der Waals surface area contributed by atoms with Crippen LogP contribution in [0.1, 0.15) is 26.5 Å². The van der Waals surface area contributed by atoms with Crippen LogP contribution in [-0.2, 0) is 11.3 Å². The zero-order chi connectivity index (χ0) is 15.2. The van der Waals surface area contributed by atoms with E-state index in [2.05, 4.69) is 10.3 Å². The molecule has 6 heteroatoms. The van der Waals surface area contributed by atoms with Crippen LogP contribution in [0.15, 0.2) is 35.9 Å². The van der Waals surface area contributed by atoms with E-state index in [-0.39, 0.29) is 5.91 Å². The van der Waals surface area contributed by atoms with Gasteiger partial charge in [-0.2, -0.15) is 0 Å². The predicted octanol–water partition coefficient (Wildman–Crippen LogP) is 2.48. The summed E-state index contributed by atoms with van der Waals surface area (Å²) >= 11 is 1.46. The SMILES string of the molecule is Cc1cccnc1C(=O)NCc1cc(C=CC(=O)O)cs1. The zero-order valence-corrected chi connectivity index (χ0v) is 12.2. The predicted molar refractivity (Wildman–Crippen MR) is 81.1 cm³/mol. The van der Waals surface area contributed by atoms with Gasteiger partial charge in [0, 0.05) is 17.2 Å². The molecule has 0 radical (unpaired) electrons. The lowest BCUT2D eigenvalue weighted by Gasteiger charge is -2.05. The van der Waals surface area contributed by atoms with E-state index in [0.29, 0.717) is 12.2 Å². The third-order valence-corrected chi connectivity index (χ3v) is 3.70. The van der Waals surface area contributed by atoms with Crippen molar-refractivity contribution in [2.75, 3.05) is 0 Å². The highest BCUT2D eigenvalue weighted by atomic mass is 32.1. The van der Waals surface area contributed by atoms with Crippen LogP contribution in [0.2, 0.25) is 0 Å². The van der Waals surface area contributed by atoms with E-state index < -0.39 is 5.97 Å². The van der Waals surface area contributed by atoms with Gasteiger partial charge < -0.3 is 10.4 Å². The fourth-order valence-corrected chi connectivity index (χ4v) is 2.51. The molecule has 0 aromatic carbocycles. The largest absolute Gasteiger partial charge is 0.478 e. The van der Waals surface area contributed by atoms with Gasteiger partial charge in [-0.3, -0.25) is 9.78 Å². The maximum absolute atomic E-state index is 12.0. The van der Waals surface area contributed by atoms with Crippen molar-refractivity contribution in [2.24, 2.45) is 0 Å². The normalized spacial score (nSPS) is 10.7. The van der Waals surface area contributed by atoms with Gasteiger partial charge in [0.05, 0.1) is 6.54 Å². The Bertz CT molecular complexity index is 692. The van der Waals surface area contributed by atoms with Crippen molar-refractivity contribution in [3.63, 3.8) is 0 Å². The molecule has 0 aliphatic rings. The highest BCUT2D eigenvalue weighted by Gasteiger charge is 2.09. The fraction of sp³-hybridized carbons (Fsp3) is 0.133. The number of thiophene rings is 1. The molecule has 0 unspecified atom stereocenters. The molecule has 108 valence electrons. The Kier molecular flexibility index (Phi) is 4.84. The number of carbonyl (C=O) groups excluding carboxylic acids is 1. The van der Waals surface area contributed by atoms with E-state index in [1.165, 1.54) is 17.4 Å². The van der Waals surface area contributed by atoms with E-state index in [9.17, 15) is 9.59 Å². The minimum atomic E-state index is -0.985. The lowest BCUT2D eigenvalue weighted by molar-refractivity contribution is -0.131. The van der Waals surface area contributed by atoms with Gasteiger partial charge in [0.2, 0.25) is 0 Å². The second-order valence-electron chi connectivity index (χ2n) is 4.37. The van der Waals surface area contributed by atoms with Crippen molar-refractivity contribution in [1.29, 1.82) is 0 Å². The zero-order valence-electron chi connectivity index (χ0n) is 11.4. The molecule has 2 N–H and O–H groups in total. The van der Waals surface area contributed by atoms with E-state index in [4.69, 9.17) is 5.11 Å². The number of aryl methyl sites for hydroxylation is 1. The Balaban J connectivity index is 1.96. The minimum Gasteiger partial charge on any atom is -0.478 e. The summed E-state index contributed by atoms with van der Waals surface area (Å²) in [6.45, 7) is 2.22. The van der Waals surface area contributed by atoms with E-state index in [0.717, 1.165) is 22.1 Å². The number of hydrogen-bond donors (Lipinski definition) is 2. The molecule has 0 aliphatic carbocycles. The number of nitrogens with zero attached hydrogens (tertiary/aromatic N) is 1. The van der Waals surface area contributed by atoms with Gasteiger partial charge in [-0.1, -0.05) is 6.07 Å². The number of rotatable bonds is 5. The fourth-order valence-electron chi connectivity index (χ4n) is 1.72.